The van der Waals surface area contributed by atoms with E-state index >= 15 is 8.78 Å². The molecule has 3 aromatic carbocycles. The molecule has 4 heterocycles. The third kappa shape index (κ3) is 4.75. The summed E-state index contributed by atoms with van der Waals surface area (Å²) in [7, 11) is 0. The van der Waals surface area contributed by atoms with Crippen LogP contribution in [0.2, 0.25) is 5.02 Å². The van der Waals surface area contributed by atoms with Crippen molar-refractivity contribution < 1.29 is 32.5 Å². The molecule has 12 heteroatoms. The molecule has 0 spiro atoms. The van der Waals surface area contributed by atoms with Gasteiger partial charge >= 0.3 is 6.09 Å². The first-order chi connectivity index (χ1) is 22.0. The molecule has 2 atom stereocenters. The number of fused-ring (bicyclic) bond motifs is 3. The van der Waals surface area contributed by atoms with Gasteiger partial charge in [0, 0.05) is 47.9 Å². The van der Waals surface area contributed by atoms with Crippen molar-refractivity contribution >= 4 is 17.7 Å². The Kier molecular flexibility index (Phi) is 7.01. The van der Waals surface area contributed by atoms with Gasteiger partial charge in [0.2, 0.25) is 5.75 Å². The van der Waals surface area contributed by atoms with E-state index < -0.39 is 35.0 Å². The highest BCUT2D eigenvalue weighted by Gasteiger charge is 2.54. The van der Waals surface area contributed by atoms with Gasteiger partial charge in [-0.15, -0.1) is 5.10 Å². The third-order valence-corrected chi connectivity index (χ3v) is 8.70. The summed E-state index contributed by atoms with van der Waals surface area (Å²) in [6.45, 7) is 5.81. The lowest BCUT2D eigenvalue weighted by Gasteiger charge is -2.40. The van der Waals surface area contributed by atoms with Gasteiger partial charge in [-0.1, -0.05) is 41.9 Å². The zero-order valence-corrected chi connectivity index (χ0v) is 25.8. The molecule has 0 bridgehead atoms. The van der Waals surface area contributed by atoms with E-state index in [9.17, 15) is 10.1 Å². The first-order valence-electron chi connectivity index (χ1n) is 14.7. The lowest BCUT2D eigenvalue weighted by molar-refractivity contribution is -0.0216. The van der Waals surface area contributed by atoms with Crippen LogP contribution in [0.4, 0.5) is 13.6 Å². The Morgan fingerprint density at radius 1 is 1.11 bits per heavy atom. The van der Waals surface area contributed by atoms with Crippen molar-refractivity contribution in [2.24, 2.45) is 0 Å². The average molecular weight is 645 g/mol. The molecule has 1 aromatic heterocycles. The van der Waals surface area contributed by atoms with E-state index in [-0.39, 0.29) is 57.0 Å². The van der Waals surface area contributed by atoms with Crippen LogP contribution in [0.25, 0.3) is 11.1 Å². The van der Waals surface area contributed by atoms with Gasteiger partial charge in [0.1, 0.15) is 23.2 Å². The van der Waals surface area contributed by atoms with Gasteiger partial charge in [0.25, 0.3) is 5.88 Å². The smallest absolute Gasteiger partial charge is 0.410 e. The van der Waals surface area contributed by atoms with E-state index in [2.05, 4.69) is 10.2 Å². The van der Waals surface area contributed by atoms with Gasteiger partial charge in [-0.25, -0.2) is 13.6 Å². The van der Waals surface area contributed by atoms with E-state index in [4.69, 9.17) is 30.5 Å². The summed E-state index contributed by atoms with van der Waals surface area (Å²) in [5.41, 5.74) is -1.31. The number of halogens is 3. The molecule has 4 aromatic rings. The monoisotopic (exact) mass is 644 g/mol. The van der Waals surface area contributed by atoms with Gasteiger partial charge in [0.05, 0.1) is 22.8 Å². The molecule has 3 aliphatic heterocycles. The molecule has 46 heavy (non-hydrogen) atoms. The van der Waals surface area contributed by atoms with Crippen LogP contribution in [0, 0.1) is 23.0 Å². The fraction of sp³-hybridized carbons (Fsp3) is 0.294. The number of ether oxygens (including phenoxy) is 4. The van der Waals surface area contributed by atoms with Crippen LogP contribution >= 0.6 is 11.6 Å². The number of nitrogens with zero attached hydrogens (tertiary/aromatic N) is 4. The molecule has 0 saturated carbocycles. The van der Waals surface area contributed by atoms with Crippen LogP contribution in [-0.2, 0) is 16.8 Å². The second-order valence-electron chi connectivity index (χ2n) is 12.3. The summed E-state index contributed by atoms with van der Waals surface area (Å²) in [5.74, 6) is -2.01. The molecule has 234 valence electrons. The van der Waals surface area contributed by atoms with Crippen LogP contribution in [0.3, 0.4) is 0 Å². The summed E-state index contributed by atoms with van der Waals surface area (Å²) >= 11 is 6.65. The minimum atomic E-state index is -1.21. The average Bonchev–Trinajstić information content (AvgIpc) is 3.67. The molecule has 9 nitrogen and oxygen atoms in total. The normalized spacial score (nSPS) is 19.6. The molecule has 0 N–H and O–H groups in total. The zero-order chi connectivity index (χ0) is 32.4. The topological polar surface area (TPSA) is 107 Å². The standard InChI is InChI=1S/C34H27ClF2N4O5/c1-33(2,3)46-32(42)41-13-7-10-25(41)34(19-8-5-4-6-9-19)16-20-23(45-34)15-21(36)28(35)27(20)26-18(17-38)14-24-30(29(26)37)43-22-11-12-39-40-31(22)44-24/h4-6,8-9,11-12,14-15,25H,7,10,13,16H2,1-3H3/t25-,34-/m0/s1. The van der Waals surface area contributed by atoms with Gasteiger partial charge in [0.15, 0.2) is 22.9 Å². The number of hydrogen-bond donors (Lipinski definition) is 0. The molecule has 3 aliphatic rings. The van der Waals surface area contributed by atoms with Crippen molar-refractivity contribution in [2.75, 3.05) is 6.54 Å². The van der Waals surface area contributed by atoms with Crippen LogP contribution in [0.1, 0.15) is 50.3 Å². The summed E-state index contributed by atoms with van der Waals surface area (Å²) in [6, 6.07) is 14.7. The summed E-state index contributed by atoms with van der Waals surface area (Å²) in [4.78, 5) is 15.1. The summed E-state index contributed by atoms with van der Waals surface area (Å²) in [5, 5.41) is 17.4. The van der Waals surface area contributed by atoms with E-state index in [1.165, 1.54) is 18.3 Å². The number of carbonyl (C=O) groups is 1. The van der Waals surface area contributed by atoms with Crippen molar-refractivity contribution in [1.82, 2.24) is 15.1 Å². The summed E-state index contributed by atoms with van der Waals surface area (Å²) in [6.07, 6.45) is 2.20. The number of nitriles is 1. The van der Waals surface area contributed by atoms with Crippen molar-refractivity contribution in [2.45, 2.75) is 57.3 Å². The number of aromatic nitrogens is 2. The number of carbonyl (C=O) groups excluding carboxylic acids is 1. The lowest BCUT2D eigenvalue weighted by Crippen LogP contribution is -2.53. The number of amides is 1. The van der Waals surface area contributed by atoms with E-state index in [1.807, 2.05) is 36.4 Å². The van der Waals surface area contributed by atoms with Crippen molar-refractivity contribution in [1.29, 1.82) is 5.26 Å². The molecule has 1 saturated heterocycles. The molecule has 0 unspecified atom stereocenters. The second-order valence-corrected chi connectivity index (χ2v) is 12.7. The summed E-state index contributed by atoms with van der Waals surface area (Å²) < 4.78 is 56.3. The fourth-order valence-electron chi connectivity index (χ4n) is 6.49. The van der Waals surface area contributed by atoms with E-state index in [0.29, 0.717) is 24.9 Å². The Labute approximate surface area is 268 Å². The van der Waals surface area contributed by atoms with Gasteiger partial charge in [-0.3, -0.25) is 0 Å². The Balaban J connectivity index is 1.40. The molecular formula is C34H27ClF2N4O5. The van der Waals surface area contributed by atoms with Crippen molar-refractivity contribution in [3.63, 3.8) is 0 Å². The first-order valence-corrected chi connectivity index (χ1v) is 15.1. The number of hydrogen-bond acceptors (Lipinski definition) is 8. The maximum atomic E-state index is 16.6. The van der Waals surface area contributed by atoms with Crippen LogP contribution < -0.4 is 14.2 Å². The Morgan fingerprint density at radius 2 is 1.89 bits per heavy atom. The predicted molar refractivity (Wildman–Crippen MR) is 162 cm³/mol. The van der Waals surface area contributed by atoms with Gasteiger partial charge < -0.3 is 23.8 Å². The number of rotatable bonds is 3. The van der Waals surface area contributed by atoms with Gasteiger partial charge in [-0.2, -0.15) is 10.4 Å². The minimum absolute atomic E-state index is 0.00266. The maximum absolute atomic E-state index is 16.6. The largest absolute Gasteiger partial charge is 0.480 e. The third-order valence-electron chi connectivity index (χ3n) is 8.33. The lowest BCUT2D eigenvalue weighted by atomic mass is 9.79. The SMILES string of the molecule is CC(C)(C)OC(=O)N1CCC[C@H]1[C@@]1(c2ccccc2)Cc2c(cc(F)c(Cl)c2-c2c(C#N)cc3c(c2F)Oc2ccnnc2O3)O1. The maximum Gasteiger partial charge on any atom is 0.410 e. The zero-order valence-electron chi connectivity index (χ0n) is 25.1. The van der Waals surface area contributed by atoms with E-state index in [0.717, 1.165) is 11.6 Å². The van der Waals surface area contributed by atoms with Crippen molar-refractivity contribution in [3.05, 3.63) is 88.1 Å². The Hall–Kier alpha value is -4.95. The number of likely N-dealkylation sites (tertiary alicyclic amines) is 1. The van der Waals surface area contributed by atoms with E-state index in [1.54, 1.807) is 25.7 Å². The Bertz CT molecular complexity index is 1950. The molecule has 1 amide bonds. The van der Waals surface area contributed by atoms with Crippen molar-refractivity contribution in [3.8, 4) is 46.1 Å². The quantitative estimate of drug-likeness (QED) is 0.194. The predicted octanol–water partition coefficient (Wildman–Crippen LogP) is 8.07. The molecule has 7 rings (SSSR count). The van der Waals surface area contributed by atoms with Crippen LogP contribution in [0.15, 0.2) is 54.7 Å². The first kappa shape index (κ1) is 29.7. The number of benzene rings is 3. The highest BCUT2D eigenvalue weighted by molar-refractivity contribution is 6.34. The molecule has 0 aliphatic carbocycles. The highest BCUT2D eigenvalue weighted by atomic mass is 35.5. The van der Waals surface area contributed by atoms with Crippen LogP contribution in [-0.4, -0.2) is 39.4 Å². The molecular weight excluding hydrogens is 618 g/mol. The second kappa shape index (κ2) is 10.8. The molecule has 1 fully saturated rings. The van der Waals surface area contributed by atoms with Gasteiger partial charge in [-0.05, 0) is 39.2 Å². The fourth-order valence-corrected chi connectivity index (χ4v) is 6.76. The Morgan fingerprint density at radius 3 is 2.63 bits per heavy atom. The minimum Gasteiger partial charge on any atom is -0.480 e. The molecule has 0 radical (unpaired) electrons. The highest BCUT2D eigenvalue weighted by Crippen LogP contribution is 2.55. The van der Waals surface area contributed by atoms with Crippen LogP contribution in [0.5, 0.6) is 28.9 Å².